The van der Waals surface area contributed by atoms with Crippen LogP contribution in [0.4, 0.5) is 0 Å². The van der Waals surface area contributed by atoms with Crippen LogP contribution in [0.1, 0.15) is 23.9 Å². The highest BCUT2D eigenvalue weighted by Crippen LogP contribution is 2.27. The van der Waals surface area contributed by atoms with Crippen molar-refractivity contribution in [2.45, 2.75) is 18.9 Å². The van der Waals surface area contributed by atoms with E-state index >= 15 is 0 Å². The van der Waals surface area contributed by atoms with Gasteiger partial charge < -0.3 is 14.1 Å². The number of imidazole rings is 1. The van der Waals surface area contributed by atoms with E-state index < -0.39 is 6.10 Å². The number of rotatable bonds is 4. The summed E-state index contributed by atoms with van der Waals surface area (Å²) in [6.45, 7) is 0. The lowest BCUT2D eigenvalue weighted by Crippen LogP contribution is -2.03. The second-order valence-corrected chi connectivity index (χ2v) is 4.38. The number of hydrogen-bond acceptors (Lipinski definition) is 3. The summed E-state index contributed by atoms with van der Waals surface area (Å²) in [7, 11) is 1.95. The van der Waals surface area contributed by atoms with Gasteiger partial charge >= 0.3 is 0 Å². The molecule has 5 heteroatoms. The molecule has 1 unspecified atom stereocenters. The summed E-state index contributed by atoms with van der Waals surface area (Å²) in [5, 5.41) is 9.95. The Bertz CT molecular complexity index is 464. The predicted molar refractivity (Wildman–Crippen MR) is 62.9 cm³/mol. The van der Waals surface area contributed by atoms with Gasteiger partial charge in [-0.1, -0.05) is 0 Å². The Morgan fingerprint density at radius 3 is 3.00 bits per heavy atom. The number of nitrogens with zero attached hydrogens (tertiary/aromatic N) is 2. The molecule has 2 aromatic heterocycles. The normalized spacial score (nSPS) is 12.9. The van der Waals surface area contributed by atoms with Crippen molar-refractivity contribution >= 4 is 15.9 Å². The lowest BCUT2D eigenvalue weighted by Gasteiger charge is -2.08. The standard InChI is InChI=1S/C11H13BrN2O2/c1-14-6-5-13-10(14)3-2-9(15)8-4-7-16-11(8)12/h4-7,9,15H,2-3H2,1H3. The molecule has 86 valence electrons. The SMILES string of the molecule is Cn1ccnc1CCC(O)c1ccoc1Br. The van der Waals surface area contributed by atoms with E-state index in [9.17, 15) is 5.11 Å². The van der Waals surface area contributed by atoms with Crippen LogP contribution in [0, 0.1) is 0 Å². The van der Waals surface area contributed by atoms with Crippen LogP contribution in [0.15, 0.2) is 33.8 Å². The molecule has 0 bridgehead atoms. The minimum atomic E-state index is -0.523. The highest BCUT2D eigenvalue weighted by Gasteiger charge is 2.14. The van der Waals surface area contributed by atoms with E-state index in [1.54, 1.807) is 18.5 Å². The summed E-state index contributed by atoms with van der Waals surface area (Å²) in [5.41, 5.74) is 0.786. The summed E-state index contributed by atoms with van der Waals surface area (Å²) in [6.07, 6.45) is 6.06. The highest BCUT2D eigenvalue weighted by atomic mass is 79.9. The third kappa shape index (κ3) is 2.36. The monoisotopic (exact) mass is 284 g/mol. The molecule has 0 saturated carbocycles. The van der Waals surface area contributed by atoms with Crippen molar-refractivity contribution in [3.63, 3.8) is 0 Å². The van der Waals surface area contributed by atoms with Gasteiger partial charge in [0.15, 0.2) is 4.67 Å². The zero-order valence-corrected chi connectivity index (χ0v) is 10.5. The Morgan fingerprint density at radius 2 is 2.44 bits per heavy atom. The second-order valence-electron chi connectivity index (χ2n) is 3.66. The third-order valence-electron chi connectivity index (χ3n) is 2.57. The van der Waals surface area contributed by atoms with Crippen molar-refractivity contribution in [1.82, 2.24) is 9.55 Å². The fraction of sp³-hybridized carbons (Fsp3) is 0.364. The Hall–Kier alpha value is -1.07. The molecule has 2 heterocycles. The summed E-state index contributed by atoms with van der Waals surface area (Å²) < 4.78 is 7.63. The molecule has 2 aromatic rings. The minimum absolute atomic E-state index is 0.523. The van der Waals surface area contributed by atoms with E-state index in [0.29, 0.717) is 11.1 Å². The van der Waals surface area contributed by atoms with Gasteiger partial charge in [0, 0.05) is 31.4 Å². The molecule has 1 atom stereocenters. The zero-order chi connectivity index (χ0) is 11.5. The number of aliphatic hydroxyl groups excluding tert-OH is 1. The lowest BCUT2D eigenvalue weighted by molar-refractivity contribution is 0.165. The van der Waals surface area contributed by atoms with Crippen LogP contribution in [0.3, 0.4) is 0 Å². The number of aromatic nitrogens is 2. The molecule has 0 aromatic carbocycles. The van der Waals surface area contributed by atoms with E-state index in [1.807, 2.05) is 17.8 Å². The van der Waals surface area contributed by atoms with E-state index in [1.165, 1.54) is 0 Å². The van der Waals surface area contributed by atoms with Gasteiger partial charge in [0.1, 0.15) is 5.82 Å². The van der Waals surface area contributed by atoms with E-state index in [2.05, 4.69) is 20.9 Å². The molecule has 0 aliphatic heterocycles. The van der Waals surface area contributed by atoms with Crippen LogP contribution in [-0.4, -0.2) is 14.7 Å². The molecule has 0 aliphatic rings. The molecule has 0 aliphatic carbocycles. The molecule has 0 spiro atoms. The van der Waals surface area contributed by atoms with Gasteiger partial charge in [0.05, 0.1) is 12.4 Å². The smallest absolute Gasteiger partial charge is 0.174 e. The summed E-state index contributed by atoms with van der Waals surface area (Å²) in [5.74, 6) is 0.971. The first kappa shape index (κ1) is 11.4. The minimum Gasteiger partial charge on any atom is -0.457 e. The first-order valence-corrected chi connectivity index (χ1v) is 5.85. The Morgan fingerprint density at radius 1 is 1.62 bits per heavy atom. The molecular weight excluding hydrogens is 272 g/mol. The number of aliphatic hydroxyl groups is 1. The Balaban J connectivity index is 1.97. The van der Waals surface area contributed by atoms with E-state index in [0.717, 1.165) is 17.8 Å². The molecule has 0 radical (unpaired) electrons. The van der Waals surface area contributed by atoms with Crippen molar-refractivity contribution in [2.75, 3.05) is 0 Å². The predicted octanol–water partition coefficient (Wildman–Crippen LogP) is 2.44. The molecular formula is C11H13BrN2O2. The number of aryl methyl sites for hydroxylation is 2. The van der Waals surface area contributed by atoms with Gasteiger partial charge in [0.25, 0.3) is 0 Å². The topological polar surface area (TPSA) is 51.2 Å². The van der Waals surface area contributed by atoms with Gasteiger partial charge in [0.2, 0.25) is 0 Å². The second kappa shape index (κ2) is 4.84. The first-order valence-electron chi connectivity index (χ1n) is 5.05. The maximum Gasteiger partial charge on any atom is 0.174 e. The quantitative estimate of drug-likeness (QED) is 0.938. The molecule has 16 heavy (non-hydrogen) atoms. The zero-order valence-electron chi connectivity index (χ0n) is 8.93. The van der Waals surface area contributed by atoms with Crippen molar-refractivity contribution in [1.29, 1.82) is 0 Å². The van der Waals surface area contributed by atoms with Gasteiger partial charge in [-0.3, -0.25) is 0 Å². The van der Waals surface area contributed by atoms with E-state index in [-0.39, 0.29) is 0 Å². The number of furan rings is 1. The summed E-state index contributed by atoms with van der Waals surface area (Å²) in [6, 6.07) is 1.77. The molecule has 0 amide bonds. The highest BCUT2D eigenvalue weighted by molar-refractivity contribution is 9.10. The lowest BCUT2D eigenvalue weighted by atomic mass is 10.1. The average molecular weight is 285 g/mol. The number of halogens is 1. The molecule has 4 nitrogen and oxygen atoms in total. The molecule has 2 rings (SSSR count). The van der Waals surface area contributed by atoms with Crippen LogP contribution >= 0.6 is 15.9 Å². The fourth-order valence-corrected chi connectivity index (χ4v) is 2.11. The molecule has 1 N–H and O–H groups in total. The van der Waals surface area contributed by atoms with Crippen molar-refractivity contribution in [2.24, 2.45) is 7.05 Å². The van der Waals surface area contributed by atoms with Crippen LogP contribution in [0.5, 0.6) is 0 Å². The molecule has 0 saturated heterocycles. The van der Waals surface area contributed by atoms with Gasteiger partial charge in [-0.15, -0.1) is 0 Å². The van der Waals surface area contributed by atoms with Crippen molar-refractivity contribution in [3.8, 4) is 0 Å². The largest absolute Gasteiger partial charge is 0.457 e. The van der Waals surface area contributed by atoms with Crippen LogP contribution in [-0.2, 0) is 13.5 Å². The Labute approximate surface area is 102 Å². The van der Waals surface area contributed by atoms with Crippen LogP contribution in [0.2, 0.25) is 0 Å². The van der Waals surface area contributed by atoms with Crippen molar-refractivity contribution in [3.05, 3.63) is 40.8 Å². The first-order chi connectivity index (χ1) is 7.68. The fourth-order valence-electron chi connectivity index (χ4n) is 1.60. The summed E-state index contributed by atoms with van der Waals surface area (Å²) in [4.78, 5) is 4.21. The Kier molecular flexibility index (Phi) is 3.46. The van der Waals surface area contributed by atoms with Crippen LogP contribution < -0.4 is 0 Å². The maximum absolute atomic E-state index is 9.95. The van der Waals surface area contributed by atoms with Crippen LogP contribution in [0.25, 0.3) is 0 Å². The average Bonchev–Trinajstić information content (AvgIpc) is 2.84. The molecule has 0 fully saturated rings. The maximum atomic E-state index is 9.95. The third-order valence-corrected chi connectivity index (χ3v) is 3.21. The summed E-state index contributed by atoms with van der Waals surface area (Å²) >= 11 is 3.25. The van der Waals surface area contributed by atoms with Gasteiger partial charge in [-0.2, -0.15) is 0 Å². The van der Waals surface area contributed by atoms with E-state index in [4.69, 9.17) is 4.42 Å². The van der Waals surface area contributed by atoms with Gasteiger partial charge in [-0.05, 0) is 28.4 Å². The van der Waals surface area contributed by atoms with Crippen molar-refractivity contribution < 1.29 is 9.52 Å². The number of hydrogen-bond donors (Lipinski definition) is 1. The van der Waals surface area contributed by atoms with Gasteiger partial charge in [-0.25, -0.2) is 4.98 Å².